The lowest BCUT2D eigenvalue weighted by Gasteiger charge is -2.42. The lowest BCUT2D eigenvalue weighted by atomic mass is 9.74. The molecule has 7 fully saturated rings. The van der Waals surface area contributed by atoms with Crippen molar-refractivity contribution < 1.29 is 17.3 Å². The van der Waals surface area contributed by atoms with Gasteiger partial charge < -0.3 is 4.52 Å². The van der Waals surface area contributed by atoms with Crippen LogP contribution < -0.4 is 0 Å². The van der Waals surface area contributed by atoms with Crippen LogP contribution in [0.25, 0.3) is 0 Å². The Morgan fingerprint density at radius 2 is 0.820 bits per heavy atom. The first kappa shape index (κ1) is 103. The highest BCUT2D eigenvalue weighted by atomic mass is 32.2. The highest BCUT2D eigenvalue weighted by molar-refractivity contribution is 7.88. The van der Waals surface area contributed by atoms with E-state index in [0.29, 0.717) is 70.6 Å². The molecule has 5 unspecified atom stereocenters. The van der Waals surface area contributed by atoms with Crippen molar-refractivity contribution in [2.45, 2.75) is 288 Å². The topological polar surface area (TPSA) is 156 Å². The highest BCUT2D eigenvalue weighted by Crippen LogP contribution is 2.42. The number of nitrogens with zero attached hydrogens (tertiary/aromatic N) is 12. The van der Waals surface area contributed by atoms with Gasteiger partial charge in [0.15, 0.2) is 0 Å². The molecule has 0 aliphatic carbocycles. The van der Waals surface area contributed by atoms with Crippen LogP contribution in [-0.2, 0) is 42.7 Å². The van der Waals surface area contributed by atoms with Gasteiger partial charge in [0.2, 0.25) is 10.0 Å². The first-order valence-corrected chi connectivity index (χ1v) is 48.7. The second-order valence-corrected chi connectivity index (χ2v) is 46.6. The second-order valence-electron chi connectivity index (χ2n) is 44.6. The number of nitriles is 2. The standard InChI is InChI=1S/2C17H24N2.C17H27N.C16H25N.C14H23FN2O.C14H23N3.C10H21NO2S/c1-17(2,3)16-8-10-19(11-9-16)13-15-6-4-14(12-18)5-7-15;1-17(2,3)16-8-5-9-19(13-16)12-15-7-4-6-14(10-15)11-18;1-14(15-9-6-5-7-10-15)18-12-8-11-16(13-18)17(2,3)4;1-16(2,3)15-9-11-17(12-10-15)13-14-7-5-4-6-8-14;1-10-7-11(16-18-10)8-17-6-5-12(13(15)9-17)14(2,3)4;1-14(2,3)13-4-6-17(7-5-13)10-12-8-15-11-16-9-12;1-10(2,3)9-5-7-11(8-6-9)14(4,12)13/h4-7,16H,8-11,13H2,1-3H3;4,6-7,10,16H,5,8-9,12-13H2,1-3H3;5-7,9-10,14,16H,8,11-13H2,1-4H3;4-8,15H,9-13H2,1-3H3;7,12-13H,5-6,8-9H2,1-4H3;8-9,11,13H,4-7,10H2,1-3H3;9H,5-8H2,1-4H3. The van der Waals surface area contributed by atoms with Crippen molar-refractivity contribution in [1.82, 2.24) is 48.8 Å². The summed E-state index contributed by atoms with van der Waals surface area (Å²) < 4.78 is 43.4. The molecule has 0 bridgehead atoms. The number of rotatable bonds is 13. The summed E-state index contributed by atoms with van der Waals surface area (Å²) >= 11 is 0. The molecule has 7 saturated heterocycles. The van der Waals surface area contributed by atoms with Crippen molar-refractivity contribution in [1.29, 1.82) is 10.5 Å². The molecule has 6 aromatic rings. The normalized spacial score (nSPS) is 21.6. The fourth-order valence-electron chi connectivity index (χ4n) is 19.1. The van der Waals surface area contributed by atoms with Gasteiger partial charge >= 0.3 is 0 Å². The second kappa shape index (κ2) is 47.5. The van der Waals surface area contributed by atoms with E-state index in [0.717, 1.165) is 104 Å². The number of aryl methyl sites for hydroxylation is 1. The van der Waals surface area contributed by atoms with Crippen LogP contribution in [0.15, 0.2) is 139 Å². The third kappa shape index (κ3) is 36.2. The van der Waals surface area contributed by atoms with Crippen LogP contribution in [0.5, 0.6) is 0 Å². The average molecular weight is 1700 g/mol. The molecule has 2 aromatic heterocycles. The lowest BCUT2D eigenvalue weighted by molar-refractivity contribution is 0.0226. The van der Waals surface area contributed by atoms with Gasteiger partial charge in [-0.15, -0.1) is 0 Å². The van der Waals surface area contributed by atoms with E-state index in [4.69, 9.17) is 15.0 Å². The van der Waals surface area contributed by atoms with Crippen LogP contribution >= 0.6 is 0 Å². The van der Waals surface area contributed by atoms with E-state index in [-0.39, 0.29) is 11.3 Å². The molecule has 9 heterocycles. The van der Waals surface area contributed by atoms with Crippen LogP contribution in [0.3, 0.4) is 0 Å². The average Bonchev–Trinajstić information content (AvgIpc) is 1.09. The number of sulfonamides is 1. The molecule has 7 aliphatic heterocycles. The van der Waals surface area contributed by atoms with E-state index in [2.05, 4.69) is 288 Å². The molecule has 0 N–H and O–H groups in total. The van der Waals surface area contributed by atoms with E-state index in [1.54, 1.807) is 10.6 Å². The van der Waals surface area contributed by atoms with Crippen molar-refractivity contribution in [3.8, 4) is 12.1 Å². The zero-order valence-corrected chi connectivity index (χ0v) is 81.7. The summed E-state index contributed by atoms with van der Waals surface area (Å²) in [6.07, 6.45) is 22.2. The Morgan fingerprint density at radius 1 is 0.418 bits per heavy atom. The minimum atomic E-state index is -2.96. The van der Waals surface area contributed by atoms with Crippen molar-refractivity contribution in [2.75, 3.05) is 97.9 Å². The minimum absolute atomic E-state index is 0.0516. The number of hydrogen-bond donors (Lipinski definition) is 0. The number of benzene rings is 4. The largest absolute Gasteiger partial charge is 0.361 e. The summed E-state index contributed by atoms with van der Waals surface area (Å²) in [4.78, 5) is 23.1. The van der Waals surface area contributed by atoms with Gasteiger partial charge in [0.05, 0.1) is 35.2 Å². The molecular weight excluding hydrogens is 1530 g/mol. The zero-order chi connectivity index (χ0) is 89.9. The zero-order valence-electron chi connectivity index (χ0n) is 80.9. The number of halogens is 1. The number of alkyl halides is 1. The van der Waals surface area contributed by atoms with Crippen LogP contribution in [0, 0.1) is 109 Å². The summed E-state index contributed by atoms with van der Waals surface area (Å²) in [5, 5.41) is 21.7. The maximum atomic E-state index is 14.2. The van der Waals surface area contributed by atoms with Crippen LogP contribution in [0.1, 0.15) is 292 Å². The molecule has 17 heteroatoms. The summed E-state index contributed by atoms with van der Waals surface area (Å²) in [5.41, 5.74) is 11.7. The summed E-state index contributed by atoms with van der Waals surface area (Å²) in [6.45, 7) is 72.6. The van der Waals surface area contributed by atoms with Crippen LogP contribution in [-0.4, -0.2) is 161 Å². The molecule has 13 rings (SSSR count). The molecule has 0 saturated carbocycles. The Morgan fingerprint density at radius 3 is 1.25 bits per heavy atom. The monoisotopic (exact) mass is 1700 g/mol. The minimum Gasteiger partial charge on any atom is -0.361 e. The molecule has 122 heavy (non-hydrogen) atoms. The molecule has 15 nitrogen and oxygen atoms in total. The van der Waals surface area contributed by atoms with Crippen molar-refractivity contribution in [2.24, 2.45) is 79.3 Å². The number of hydrogen-bond acceptors (Lipinski definition) is 14. The first-order chi connectivity index (χ1) is 57.1. The van der Waals surface area contributed by atoms with Gasteiger partial charge in [-0.1, -0.05) is 235 Å². The summed E-state index contributed by atoms with van der Waals surface area (Å²) in [7, 11) is -2.96. The lowest BCUT2D eigenvalue weighted by Crippen LogP contribution is -2.45. The predicted octanol–water partition coefficient (Wildman–Crippen LogP) is 23.7. The number of aromatic nitrogens is 3. The van der Waals surface area contributed by atoms with E-state index in [1.807, 2.05) is 55.7 Å². The van der Waals surface area contributed by atoms with Gasteiger partial charge in [-0.05, 0) is 282 Å². The highest BCUT2D eigenvalue weighted by Gasteiger charge is 2.39. The smallest absolute Gasteiger partial charge is 0.211 e. The molecule has 5 atom stereocenters. The van der Waals surface area contributed by atoms with E-state index in [1.165, 1.54) is 164 Å². The Bertz CT molecular complexity index is 4050. The fraction of sp³-hybridized carbons (Fsp3) is 0.686. The van der Waals surface area contributed by atoms with Gasteiger partial charge in [0.1, 0.15) is 18.3 Å². The molecule has 4 aromatic carbocycles. The molecular formula is C105H167FN12O3S. The molecule has 0 amide bonds. The third-order valence-corrected chi connectivity index (χ3v) is 29.1. The van der Waals surface area contributed by atoms with Gasteiger partial charge in [0.25, 0.3) is 0 Å². The van der Waals surface area contributed by atoms with Crippen molar-refractivity contribution >= 4 is 10.0 Å². The van der Waals surface area contributed by atoms with E-state index >= 15 is 0 Å². The van der Waals surface area contributed by atoms with Crippen molar-refractivity contribution in [3.05, 3.63) is 184 Å². The molecule has 0 spiro atoms. The maximum absolute atomic E-state index is 14.2. The predicted molar refractivity (Wildman–Crippen MR) is 507 cm³/mol. The quantitative estimate of drug-likeness (QED) is 0.108. The van der Waals surface area contributed by atoms with E-state index < -0.39 is 16.2 Å². The summed E-state index contributed by atoms with van der Waals surface area (Å²) in [5.74, 6) is 5.85. The number of piperidine rings is 7. The van der Waals surface area contributed by atoms with Crippen LogP contribution in [0.4, 0.5) is 4.39 Å². The third-order valence-electron chi connectivity index (χ3n) is 27.8. The number of likely N-dealkylation sites (tertiary alicyclic amines) is 6. The Balaban J connectivity index is 0.000000196. The Kier molecular flexibility index (Phi) is 40.1. The molecule has 678 valence electrons. The SMILES string of the molecule is CC(C)(C)C1CCCN(Cc2cccc(C#N)c2)C1.CC(C)(C)C1CCN(Cc2ccc(C#N)cc2)CC1.CC(C)(C)C1CCN(Cc2ccccc2)CC1.CC(C)(C)C1CCN(Cc2cncnc2)CC1.CC(C)(C)C1CCN(S(C)(=O)=O)CC1.CC(c1ccccc1)N1CCCC(C(C)(C)C)C1.Cc1cc(CN2CCC(C(C)(C)C)C(F)C2)no1. The van der Waals surface area contributed by atoms with Gasteiger partial charge in [-0.25, -0.2) is 27.1 Å². The molecule has 0 radical (unpaired) electrons. The van der Waals surface area contributed by atoms with Crippen LogP contribution in [0.2, 0.25) is 0 Å². The van der Waals surface area contributed by atoms with Gasteiger partial charge in [0, 0.05) is 95.5 Å². The summed E-state index contributed by atoms with van der Waals surface area (Å²) in [6, 6.07) is 44.6. The Labute approximate surface area is 743 Å². The van der Waals surface area contributed by atoms with E-state index in [9.17, 15) is 12.8 Å². The maximum Gasteiger partial charge on any atom is 0.211 e. The van der Waals surface area contributed by atoms with Gasteiger partial charge in [-0.3, -0.25) is 29.4 Å². The Hall–Kier alpha value is -6.25. The van der Waals surface area contributed by atoms with Crippen molar-refractivity contribution in [3.63, 3.8) is 0 Å². The molecule has 7 aliphatic rings. The first-order valence-electron chi connectivity index (χ1n) is 46.8. The van der Waals surface area contributed by atoms with Gasteiger partial charge in [-0.2, -0.15) is 10.5 Å². The fourth-order valence-corrected chi connectivity index (χ4v) is 20.0.